The third-order valence-corrected chi connectivity index (χ3v) is 5.57. The van der Waals surface area contributed by atoms with Crippen molar-refractivity contribution in [3.05, 3.63) is 33.8 Å². The van der Waals surface area contributed by atoms with Gasteiger partial charge < -0.3 is 10.2 Å². The van der Waals surface area contributed by atoms with E-state index in [1.54, 1.807) is 0 Å². The summed E-state index contributed by atoms with van der Waals surface area (Å²) in [4.78, 5) is 9.57. The first-order valence-corrected chi connectivity index (χ1v) is 9.41. The molecule has 1 N–H and O–H groups in total. The summed E-state index contributed by atoms with van der Waals surface area (Å²) in [7, 11) is 1.89. The molecule has 2 aliphatic rings. The summed E-state index contributed by atoms with van der Waals surface area (Å²) in [6.45, 7) is 7.77. The number of aliphatic imine (C=N–C) groups is 1. The van der Waals surface area contributed by atoms with Crippen LogP contribution in [-0.2, 0) is 6.54 Å². The maximum Gasteiger partial charge on any atom is 0.193 e. The number of benzene rings is 1. The average molecular weight is 379 g/mol. The highest BCUT2D eigenvalue weighted by Gasteiger charge is 2.30. The van der Waals surface area contributed by atoms with E-state index in [-0.39, 0.29) is 0 Å². The van der Waals surface area contributed by atoms with Crippen LogP contribution in [0.1, 0.15) is 30.4 Å². The highest BCUT2D eigenvalue weighted by Crippen LogP contribution is 2.21. The Bertz CT molecular complexity index is 566. The maximum atomic E-state index is 4.50. The summed E-state index contributed by atoms with van der Waals surface area (Å²) in [6.07, 6.45) is 4.00. The van der Waals surface area contributed by atoms with E-state index >= 15 is 0 Å². The van der Waals surface area contributed by atoms with Crippen LogP contribution in [-0.4, -0.2) is 55.0 Å². The topological polar surface area (TPSA) is 30.9 Å². The van der Waals surface area contributed by atoms with Gasteiger partial charge in [0.05, 0.1) is 0 Å². The van der Waals surface area contributed by atoms with E-state index in [1.165, 1.54) is 43.5 Å². The molecular formula is C18H27BrN4. The van der Waals surface area contributed by atoms with Crippen molar-refractivity contribution in [2.24, 2.45) is 4.99 Å². The number of nitrogens with one attached hydrogen (secondary N) is 1. The van der Waals surface area contributed by atoms with Gasteiger partial charge in [-0.25, -0.2) is 0 Å². The van der Waals surface area contributed by atoms with Crippen LogP contribution >= 0.6 is 15.9 Å². The molecule has 2 saturated heterocycles. The molecule has 126 valence electrons. The molecule has 0 spiro atoms. The Morgan fingerprint density at radius 1 is 1.30 bits per heavy atom. The minimum Gasteiger partial charge on any atom is -0.352 e. The highest BCUT2D eigenvalue weighted by atomic mass is 79.9. The summed E-state index contributed by atoms with van der Waals surface area (Å²) >= 11 is 3.53. The zero-order valence-electron chi connectivity index (χ0n) is 14.2. The molecule has 2 fully saturated rings. The highest BCUT2D eigenvalue weighted by molar-refractivity contribution is 9.10. The van der Waals surface area contributed by atoms with E-state index in [2.05, 4.69) is 61.2 Å². The molecule has 3 rings (SSSR count). The van der Waals surface area contributed by atoms with Gasteiger partial charge in [-0.3, -0.25) is 9.89 Å². The minimum absolute atomic E-state index is 0.713. The van der Waals surface area contributed by atoms with Crippen LogP contribution < -0.4 is 5.32 Å². The SMILES string of the molecule is CN=C(NCc1ccc(Br)cc1C)N1CCC(N2CCCC2)C1. The Kier molecular flexibility index (Phi) is 5.59. The van der Waals surface area contributed by atoms with E-state index in [0.29, 0.717) is 6.04 Å². The van der Waals surface area contributed by atoms with Crippen molar-refractivity contribution in [1.82, 2.24) is 15.1 Å². The molecule has 23 heavy (non-hydrogen) atoms. The van der Waals surface area contributed by atoms with Crippen molar-refractivity contribution < 1.29 is 0 Å². The van der Waals surface area contributed by atoms with Gasteiger partial charge in [0.15, 0.2) is 5.96 Å². The van der Waals surface area contributed by atoms with Crippen molar-refractivity contribution in [1.29, 1.82) is 0 Å². The van der Waals surface area contributed by atoms with Gasteiger partial charge in [-0.2, -0.15) is 0 Å². The summed E-state index contributed by atoms with van der Waals surface area (Å²) in [5.74, 6) is 1.04. The summed E-state index contributed by atoms with van der Waals surface area (Å²) in [5, 5.41) is 3.54. The van der Waals surface area contributed by atoms with Gasteiger partial charge in [0.2, 0.25) is 0 Å². The van der Waals surface area contributed by atoms with Crippen LogP contribution in [0.4, 0.5) is 0 Å². The van der Waals surface area contributed by atoms with Crippen LogP contribution in [0.15, 0.2) is 27.7 Å². The molecule has 1 unspecified atom stereocenters. The second kappa shape index (κ2) is 7.67. The van der Waals surface area contributed by atoms with E-state index in [9.17, 15) is 0 Å². The molecule has 0 aliphatic carbocycles. The first kappa shape index (κ1) is 16.8. The van der Waals surface area contributed by atoms with Gasteiger partial charge >= 0.3 is 0 Å². The van der Waals surface area contributed by atoms with Gasteiger partial charge in [0.25, 0.3) is 0 Å². The third-order valence-electron chi connectivity index (χ3n) is 5.07. The Balaban J connectivity index is 1.56. The largest absolute Gasteiger partial charge is 0.352 e. The second-order valence-electron chi connectivity index (χ2n) is 6.60. The number of rotatable bonds is 3. The second-order valence-corrected chi connectivity index (χ2v) is 7.52. The lowest BCUT2D eigenvalue weighted by molar-refractivity contribution is 0.249. The fourth-order valence-electron chi connectivity index (χ4n) is 3.70. The Morgan fingerprint density at radius 2 is 2.09 bits per heavy atom. The first-order valence-electron chi connectivity index (χ1n) is 8.62. The predicted octanol–water partition coefficient (Wildman–Crippen LogP) is 3.00. The molecule has 0 radical (unpaired) electrons. The van der Waals surface area contributed by atoms with Crippen LogP contribution in [0.5, 0.6) is 0 Å². The average Bonchev–Trinajstić information content (AvgIpc) is 3.20. The molecule has 0 bridgehead atoms. The molecule has 2 aliphatic heterocycles. The lowest BCUT2D eigenvalue weighted by Gasteiger charge is -2.25. The molecule has 5 heteroatoms. The summed E-state index contributed by atoms with van der Waals surface area (Å²) < 4.78 is 1.14. The molecular weight excluding hydrogens is 352 g/mol. The number of likely N-dealkylation sites (tertiary alicyclic amines) is 2. The molecule has 0 saturated carbocycles. The van der Waals surface area contributed by atoms with Crippen molar-refractivity contribution in [2.75, 3.05) is 33.2 Å². The number of nitrogens with zero attached hydrogens (tertiary/aromatic N) is 3. The Labute approximate surface area is 148 Å². The fraction of sp³-hybridized carbons (Fsp3) is 0.611. The third kappa shape index (κ3) is 4.07. The number of halogens is 1. The maximum absolute atomic E-state index is 4.50. The zero-order valence-corrected chi connectivity index (χ0v) is 15.8. The van der Waals surface area contributed by atoms with Gasteiger partial charge in [-0.1, -0.05) is 22.0 Å². The quantitative estimate of drug-likeness (QED) is 0.647. The molecule has 1 aromatic rings. The minimum atomic E-state index is 0.713. The van der Waals surface area contributed by atoms with Crippen molar-refractivity contribution >= 4 is 21.9 Å². The number of guanidine groups is 1. The van der Waals surface area contributed by atoms with Gasteiger partial charge in [0.1, 0.15) is 0 Å². The van der Waals surface area contributed by atoms with Gasteiger partial charge in [-0.15, -0.1) is 0 Å². The number of hydrogen-bond acceptors (Lipinski definition) is 2. The molecule has 1 atom stereocenters. The molecule has 4 nitrogen and oxygen atoms in total. The molecule has 1 aromatic carbocycles. The van der Waals surface area contributed by atoms with E-state index in [4.69, 9.17) is 0 Å². The van der Waals surface area contributed by atoms with Crippen molar-refractivity contribution in [2.45, 2.75) is 38.8 Å². The predicted molar refractivity (Wildman–Crippen MR) is 99.9 cm³/mol. The van der Waals surface area contributed by atoms with Gasteiger partial charge in [-0.05, 0) is 62.5 Å². The molecule has 0 aromatic heterocycles. The van der Waals surface area contributed by atoms with E-state index in [0.717, 1.165) is 30.1 Å². The van der Waals surface area contributed by atoms with Crippen LogP contribution in [0, 0.1) is 6.92 Å². The Hall–Kier alpha value is -1.07. The molecule has 2 heterocycles. The van der Waals surface area contributed by atoms with Gasteiger partial charge in [0, 0.05) is 37.2 Å². The monoisotopic (exact) mass is 378 g/mol. The molecule has 0 amide bonds. The normalized spacial score (nSPS) is 22.8. The van der Waals surface area contributed by atoms with Crippen LogP contribution in [0.25, 0.3) is 0 Å². The fourth-order valence-corrected chi connectivity index (χ4v) is 4.18. The Morgan fingerprint density at radius 3 is 2.78 bits per heavy atom. The van der Waals surface area contributed by atoms with E-state index < -0.39 is 0 Å². The lowest BCUT2D eigenvalue weighted by atomic mass is 10.1. The number of aryl methyl sites for hydroxylation is 1. The number of hydrogen-bond donors (Lipinski definition) is 1. The smallest absolute Gasteiger partial charge is 0.193 e. The first-order chi connectivity index (χ1) is 11.2. The summed E-state index contributed by atoms with van der Waals surface area (Å²) in [6, 6.07) is 7.16. The van der Waals surface area contributed by atoms with E-state index in [1.807, 2.05) is 7.05 Å². The van der Waals surface area contributed by atoms with Crippen molar-refractivity contribution in [3.63, 3.8) is 0 Å². The standard InChI is InChI=1S/C18H27BrN4/c1-14-11-16(19)6-5-15(14)12-21-18(20-2)23-10-7-17(13-23)22-8-3-4-9-22/h5-6,11,17H,3-4,7-10,12-13H2,1-2H3,(H,20,21). The summed E-state index contributed by atoms with van der Waals surface area (Å²) in [5.41, 5.74) is 2.63. The lowest BCUT2D eigenvalue weighted by Crippen LogP contribution is -2.42. The zero-order chi connectivity index (χ0) is 16.2. The van der Waals surface area contributed by atoms with Crippen LogP contribution in [0.2, 0.25) is 0 Å². The van der Waals surface area contributed by atoms with Crippen LogP contribution in [0.3, 0.4) is 0 Å². The van der Waals surface area contributed by atoms with Crippen molar-refractivity contribution in [3.8, 4) is 0 Å².